The van der Waals surface area contributed by atoms with E-state index >= 15 is 0 Å². The summed E-state index contributed by atoms with van der Waals surface area (Å²) in [5.74, 6) is 0.811. The van der Waals surface area contributed by atoms with E-state index in [1.54, 1.807) is 0 Å². The zero-order valence-electron chi connectivity index (χ0n) is 11.0. The monoisotopic (exact) mass is 240 g/mol. The highest BCUT2D eigenvalue weighted by Crippen LogP contribution is 2.26. The minimum absolute atomic E-state index is 0.413. The molecule has 0 unspecified atom stereocenters. The molecular weight excluding hydrogens is 212 g/mol. The van der Waals surface area contributed by atoms with Gasteiger partial charge in [0.15, 0.2) is 0 Å². The van der Waals surface area contributed by atoms with Gasteiger partial charge in [0.05, 0.1) is 5.60 Å². The van der Waals surface area contributed by atoms with Gasteiger partial charge in [-0.25, -0.2) is 0 Å². The molecule has 1 saturated carbocycles. The highest BCUT2D eigenvalue weighted by atomic mass is 16.3. The van der Waals surface area contributed by atoms with Gasteiger partial charge in [-0.2, -0.15) is 0 Å². The van der Waals surface area contributed by atoms with E-state index < -0.39 is 5.60 Å². The second-order valence-electron chi connectivity index (χ2n) is 5.96. The summed E-state index contributed by atoms with van der Waals surface area (Å²) in [7, 11) is 0. The molecule has 2 rings (SSSR count). The highest BCUT2D eigenvalue weighted by molar-refractivity contribution is 4.84. The van der Waals surface area contributed by atoms with Crippen LogP contribution in [0.15, 0.2) is 0 Å². The van der Waals surface area contributed by atoms with E-state index in [0.29, 0.717) is 0 Å². The van der Waals surface area contributed by atoms with Crippen LogP contribution in [0.3, 0.4) is 0 Å². The number of nitrogens with one attached hydrogen (secondary N) is 2. The van der Waals surface area contributed by atoms with Crippen molar-refractivity contribution in [2.75, 3.05) is 26.2 Å². The summed E-state index contributed by atoms with van der Waals surface area (Å²) in [6.45, 7) is 4.22. The molecule has 0 amide bonds. The van der Waals surface area contributed by atoms with Crippen LogP contribution in [0.5, 0.6) is 0 Å². The van der Waals surface area contributed by atoms with Crippen molar-refractivity contribution in [1.29, 1.82) is 0 Å². The second kappa shape index (κ2) is 6.72. The Morgan fingerprint density at radius 1 is 1.06 bits per heavy atom. The van der Waals surface area contributed by atoms with Crippen LogP contribution in [-0.4, -0.2) is 36.9 Å². The minimum Gasteiger partial charge on any atom is -0.389 e. The van der Waals surface area contributed by atoms with E-state index in [-0.39, 0.29) is 0 Å². The topological polar surface area (TPSA) is 44.3 Å². The molecule has 1 aliphatic heterocycles. The molecule has 3 heteroatoms. The maximum Gasteiger partial charge on any atom is 0.0771 e. The van der Waals surface area contributed by atoms with Crippen molar-refractivity contribution >= 4 is 0 Å². The lowest BCUT2D eigenvalue weighted by molar-refractivity contribution is 0.0243. The molecule has 0 aromatic heterocycles. The van der Waals surface area contributed by atoms with Crippen molar-refractivity contribution in [3.63, 3.8) is 0 Å². The summed E-state index contributed by atoms with van der Waals surface area (Å²) in [4.78, 5) is 0. The third-order valence-electron chi connectivity index (χ3n) is 4.38. The Morgan fingerprint density at radius 3 is 2.35 bits per heavy atom. The van der Waals surface area contributed by atoms with E-state index in [9.17, 15) is 5.11 Å². The predicted molar refractivity (Wildman–Crippen MR) is 71.1 cm³/mol. The maximum absolute atomic E-state index is 10.5. The van der Waals surface area contributed by atoms with Crippen molar-refractivity contribution in [3.05, 3.63) is 0 Å². The molecule has 0 aromatic rings. The van der Waals surface area contributed by atoms with Crippen molar-refractivity contribution < 1.29 is 5.11 Å². The third kappa shape index (κ3) is 4.57. The Hall–Kier alpha value is -0.120. The van der Waals surface area contributed by atoms with Gasteiger partial charge < -0.3 is 15.7 Å². The highest BCUT2D eigenvalue weighted by Gasteiger charge is 2.27. The van der Waals surface area contributed by atoms with E-state index in [0.717, 1.165) is 44.9 Å². The van der Waals surface area contributed by atoms with Gasteiger partial charge >= 0.3 is 0 Å². The van der Waals surface area contributed by atoms with Crippen molar-refractivity contribution in [3.8, 4) is 0 Å². The number of aliphatic hydroxyl groups is 1. The lowest BCUT2D eigenvalue weighted by Gasteiger charge is -2.29. The fraction of sp³-hybridized carbons (Fsp3) is 1.00. The summed E-state index contributed by atoms with van der Waals surface area (Å²) in [5.41, 5.74) is -0.413. The molecule has 1 heterocycles. The maximum atomic E-state index is 10.5. The molecule has 17 heavy (non-hydrogen) atoms. The normalized spacial score (nSPS) is 26.6. The number of hydrogen-bond acceptors (Lipinski definition) is 3. The summed E-state index contributed by atoms with van der Waals surface area (Å²) < 4.78 is 0. The fourth-order valence-corrected chi connectivity index (χ4v) is 3.16. The molecule has 0 bridgehead atoms. The molecule has 0 spiro atoms. The minimum atomic E-state index is -0.413. The Balaban J connectivity index is 1.65. The molecule has 2 aliphatic rings. The smallest absolute Gasteiger partial charge is 0.0771 e. The quantitative estimate of drug-likeness (QED) is 0.655. The Labute approximate surface area is 105 Å². The average molecular weight is 240 g/mol. The summed E-state index contributed by atoms with van der Waals surface area (Å²) >= 11 is 0. The van der Waals surface area contributed by atoms with Gasteiger partial charge in [-0.15, -0.1) is 0 Å². The van der Waals surface area contributed by atoms with Crippen LogP contribution in [0.2, 0.25) is 0 Å². The van der Waals surface area contributed by atoms with Gasteiger partial charge in [-0.3, -0.25) is 0 Å². The van der Waals surface area contributed by atoms with Crippen LogP contribution >= 0.6 is 0 Å². The van der Waals surface area contributed by atoms with Crippen LogP contribution in [0.4, 0.5) is 0 Å². The molecule has 100 valence electrons. The number of piperidine rings is 1. The zero-order chi connectivity index (χ0) is 12.0. The molecule has 1 saturated heterocycles. The predicted octanol–water partition coefficient (Wildman–Crippen LogP) is 1.66. The molecule has 2 fully saturated rings. The van der Waals surface area contributed by atoms with Crippen molar-refractivity contribution in [2.24, 2.45) is 5.92 Å². The van der Waals surface area contributed by atoms with Crippen LogP contribution in [-0.2, 0) is 0 Å². The fourth-order valence-electron chi connectivity index (χ4n) is 3.16. The number of hydrogen-bond donors (Lipinski definition) is 3. The third-order valence-corrected chi connectivity index (χ3v) is 4.38. The van der Waals surface area contributed by atoms with Gasteiger partial charge in [0, 0.05) is 6.54 Å². The zero-order valence-corrected chi connectivity index (χ0v) is 11.0. The van der Waals surface area contributed by atoms with E-state index in [1.165, 1.54) is 38.5 Å². The van der Waals surface area contributed by atoms with Crippen molar-refractivity contribution in [2.45, 2.75) is 57.0 Å². The Kier molecular flexibility index (Phi) is 5.26. The van der Waals surface area contributed by atoms with E-state index in [1.807, 2.05) is 0 Å². The summed E-state index contributed by atoms with van der Waals surface area (Å²) in [6, 6.07) is 0. The molecule has 0 radical (unpaired) electrons. The molecule has 1 aliphatic carbocycles. The first kappa shape index (κ1) is 13.3. The first-order valence-electron chi connectivity index (χ1n) is 7.42. The standard InChI is InChI=1S/C14H28N2O/c17-14(7-3-1-2-4-8-14)12-16-11-13-5-9-15-10-6-13/h13,15-17H,1-12H2. The summed E-state index contributed by atoms with van der Waals surface area (Å²) in [5, 5.41) is 17.4. The molecule has 3 nitrogen and oxygen atoms in total. The van der Waals surface area contributed by atoms with Gasteiger partial charge in [-0.1, -0.05) is 25.7 Å². The Morgan fingerprint density at radius 2 is 1.71 bits per heavy atom. The van der Waals surface area contributed by atoms with Crippen molar-refractivity contribution in [1.82, 2.24) is 10.6 Å². The summed E-state index contributed by atoms with van der Waals surface area (Å²) in [6.07, 6.45) is 9.56. The first-order chi connectivity index (χ1) is 8.29. The van der Waals surface area contributed by atoms with Gasteiger partial charge in [-0.05, 0) is 51.2 Å². The largest absolute Gasteiger partial charge is 0.389 e. The average Bonchev–Trinajstić information content (AvgIpc) is 2.56. The molecule has 0 aromatic carbocycles. The second-order valence-corrected chi connectivity index (χ2v) is 5.96. The van der Waals surface area contributed by atoms with Crippen LogP contribution < -0.4 is 10.6 Å². The molecular formula is C14H28N2O. The lowest BCUT2D eigenvalue weighted by atomic mass is 9.93. The number of rotatable bonds is 4. The van der Waals surface area contributed by atoms with E-state index in [2.05, 4.69) is 10.6 Å². The SMILES string of the molecule is OC1(CNCC2CCNCC2)CCCCCC1. The van der Waals surface area contributed by atoms with Crippen LogP contribution in [0, 0.1) is 5.92 Å². The van der Waals surface area contributed by atoms with E-state index in [4.69, 9.17) is 0 Å². The first-order valence-corrected chi connectivity index (χ1v) is 7.42. The van der Waals surface area contributed by atoms with Gasteiger partial charge in [0.25, 0.3) is 0 Å². The van der Waals surface area contributed by atoms with Gasteiger partial charge in [0.1, 0.15) is 0 Å². The Bertz CT molecular complexity index is 206. The van der Waals surface area contributed by atoms with Crippen LogP contribution in [0.25, 0.3) is 0 Å². The molecule has 0 atom stereocenters. The van der Waals surface area contributed by atoms with Crippen LogP contribution in [0.1, 0.15) is 51.4 Å². The van der Waals surface area contributed by atoms with Gasteiger partial charge in [0.2, 0.25) is 0 Å². The lowest BCUT2D eigenvalue weighted by Crippen LogP contribution is -2.43. The molecule has 3 N–H and O–H groups in total.